The van der Waals surface area contributed by atoms with Gasteiger partial charge in [0.25, 0.3) is 0 Å². The zero-order valence-corrected chi connectivity index (χ0v) is 13.5. The summed E-state index contributed by atoms with van der Waals surface area (Å²) in [7, 11) is 0. The molecule has 2 N–H and O–H groups in total. The smallest absolute Gasteiger partial charge is 0.315 e. The summed E-state index contributed by atoms with van der Waals surface area (Å²) < 4.78 is 5.03. The Hall–Kier alpha value is -1.24. The standard InChI is InChI=1S/C14H24N4O2S/c1-10-16-13(20-18-10)8-5-9-15-14(19)17-11-6-3-4-7-12(11)21-2/h11-12H,3-9H2,1-2H3,(H2,15,17,19). The first kappa shape index (κ1) is 16.1. The SMILES string of the molecule is CSC1CCCCC1NC(=O)NCCCc1nc(C)no1. The third-order valence-corrected chi connectivity index (χ3v) is 4.91. The summed E-state index contributed by atoms with van der Waals surface area (Å²) in [6, 6.07) is 0.231. The molecule has 2 atom stereocenters. The maximum absolute atomic E-state index is 11.9. The van der Waals surface area contributed by atoms with Gasteiger partial charge in [0.05, 0.1) is 0 Å². The predicted molar refractivity (Wildman–Crippen MR) is 83.4 cm³/mol. The fourth-order valence-electron chi connectivity index (χ4n) is 2.65. The van der Waals surface area contributed by atoms with E-state index in [0.29, 0.717) is 36.0 Å². The van der Waals surface area contributed by atoms with Crippen molar-refractivity contribution in [1.29, 1.82) is 0 Å². The number of nitrogens with zero attached hydrogens (tertiary/aromatic N) is 2. The van der Waals surface area contributed by atoms with E-state index in [1.54, 1.807) is 6.92 Å². The number of carbonyl (C=O) groups excluding carboxylic acids is 1. The van der Waals surface area contributed by atoms with Crippen molar-refractivity contribution in [1.82, 2.24) is 20.8 Å². The molecule has 6 nitrogen and oxygen atoms in total. The van der Waals surface area contributed by atoms with Gasteiger partial charge in [0.2, 0.25) is 5.89 Å². The lowest BCUT2D eigenvalue weighted by Crippen LogP contribution is -2.48. The normalized spacial score (nSPS) is 22.0. The van der Waals surface area contributed by atoms with Crippen molar-refractivity contribution in [2.24, 2.45) is 0 Å². The summed E-state index contributed by atoms with van der Waals surface area (Å²) in [6.45, 7) is 2.41. The molecule has 1 aliphatic carbocycles. The highest BCUT2D eigenvalue weighted by Crippen LogP contribution is 2.26. The minimum absolute atomic E-state index is 0.0670. The maximum Gasteiger partial charge on any atom is 0.315 e. The minimum Gasteiger partial charge on any atom is -0.339 e. The summed E-state index contributed by atoms with van der Waals surface area (Å²) >= 11 is 1.85. The number of hydrogen-bond donors (Lipinski definition) is 2. The van der Waals surface area contributed by atoms with Crippen LogP contribution in [0, 0.1) is 6.92 Å². The highest BCUT2D eigenvalue weighted by molar-refractivity contribution is 7.99. The monoisotopic (exact) mass is 312 g/mol. The lowest BCUT2D eigenvalue weighted by molar-refractivity contribution is 0.233. The first-order valence-corrected chi connectivity index (χ1v) is 8.84. The number of aryl methyl sites for hydroxylation is 2. The number of rotatable bonds is 6. The van der Waals surface area contributed by atoms with Gasteiger partial charge in [-0.15, -0.1) is 0 Å². The predicted octanol–water partition coefficient (Wildman–Crippen LogP) is 2.28. The Labute approximate surface area is 129 Å². The van der Waals surface area contributed by atoms with Gasteiger partial charge in [0, 0.05) is 24.3 Å². The van der Waals surface area contributed by atoms with E-state index in [-0.39, 0.29) is 6.03 Å². The minimum atomic E-state index is -0.0670. The molecule has 2 rings (SSSR count). The van der Waals surface area contributed by atoms with Crippen LogP contribution in [0.1, 0.15) is 43.8 Å². The summed E-state index contributed by atoms with van der Waals surface area (Å²) in [6.07, 6.45) is 8.37. The van der Waals surface area contributed by atoms with Crippen LogP contribution in [0.2, 0.25) is 0 Å². The molecule has 1 fully saturated rings. The molecule has 1 saturated carbocycles. The van der Waals surface area contributed by atoms with Gasteiger partial charge in [-0.2, -0.15) is 16.7 Å². The van der Waals surface area contributed by atoms with E-state index < -0.39 is 0 Å². The van der Waals surface area contributed by atoms with Crippen molar-refractivity contribution < 1.29 is 9.32 Å². The van der Waals surface area contributed by atoms with Gasteiger partial charge in [-0.1, -0.05) is 18.0 Å². The number of thioether (sulfide) groups is 1. The van der Waals surface area contributed by atoms with Crippen LogP contribution >= 0.6 is 11.8 Å². The molecule has 2 amide bonds. The number of hydrogen-bond acceptors (Lipinski definition) is 5. The second kappa shape index (κ2) is 8.26. The number of amides is 2. The Kier molecular flexibility index (Phi) is 6.35. The van der Waals surface area contributed by atoms with Crippen LogP contribution in [0.15, 0.2) is 4.52 Å². The third kappa shape index (κ3) is 5.22. The summed E-state index contributed by atoms with van der Waals surface area (Å²) in [5.74, 6) is 1.28. The zero-order valence-electron chi connectivity index (χ0n) is 12.7. The van der Waals surface area contributed by atoms with Crippen LogP contribution in [-0.4, -0.2) is 40.3 Å². The molecule has 0 spiro atoms. The summed E-state index contributed by atoms with van der Waals surface area (Å²) in [4.78, 5) is 16.0. The van der Waals surface area contributed by atoms with Gasteiger partial charge >= 0.3 is 6.03 Å². The van der Waals surface area contributed by atoms with E-state index in [9.17, 15) is 4.79 Å². The van der Waals surface area contributed by atoms with Crippen LogP contribution in [0.3, 0.4) is 0 Å². The first-order valence-electron chi connectivity index (χ1n) is 7.55. The largest absolute Gasteiger partial charge is 0.339 e. The summed E-state index contributed by atoms with van der Waals surface area (Å²) in [5, 5.41) is 10.3. The Morgan fingerprint density at radius 3 is 2.95 bits per heavy atom. The molecule has 1 aromatic rings. The molecule has 1 aromatic heterocycles. The molecule has 2 unspecified atom stereocenters. The number of urea groups is 1. The molecular weight excluding hydrogens is 288 g/mol. The molecule has 21 heavy (non-hydrogen) atoms. The summed E-state index contributed by atoms with van der Waals surface area (Å²) in [5.41, 5.74) is 0. The van der Waals surface area contributed by atoms with Gasteiger partial charge in [-0.25, -0.2) is 4.79 Å². The van der Waals surface area contributed by atoms with Gasteiger partial charge in [-0.05, 0) is 32.4 Å². The molecule has 0 aliphatic heterocycles. The van der Waals surface area contributed by atoms with Crippen molar-refractivity contribution >= 4 is 17.8 Å². The Bertz CT molecular complexity index is 452. The van der Waals surface area contributed by atoms with Crippen LogP contribution in [0.5, 0.6) is 0 Å². The molecule has 0 saturated heterocycles. The second-order valence-corrected chi connectivity index (χ2v) is 6.48. The fraction of sp³-hybridized carbons (Fsp3) is 0.786. The van der Waals surface area contributed by atoms with E-state index in [0.717, 1.165) is 12.8 Å². The first-order chi connectivity index (χ1) is 10.2. The molecule has 1 aliphatic rings. The zero-order chi connectivity index (χ0) is 15.1. The van der Waals surface area contributed by atoms with Gasteiger partial charge in [-0.3, -0.25) is 0 Å². The van der Waals surface area contributed by atoms with Crippen LogP contribution in [-0.2, 0) is 6.42 Å². The van der Waals surface area contributed by atoms with E-state index >= 15 is 0 Å². The van der Waals surface area contributed by atoms with E-state index in [2.05, 4.69) is 27.0 Å². The van der Waals surface area contributed by atoms with Crippen molar-refractivity contribution in [3.8, 4) is 0 Å². The van der Waals surface area contributed by atoms with Crippen molar-refractivity contribution in [2.45, 2.75) is 56.7 Å². The third-order valence-electron chi connectivity index (χ3n) is 3.74. The Balaban J connectivity index is 1.62. The lowest BCUT2D eigenvalue weighted by Gasteiger charge is -2.30. The topological polar surface area (TPSA) is 80.0 Å². The van der Waals surface area contributed by atoms with Crippen molar-refractivity contribution in [3.63, 3.8) is 0 Å². The number of nitrogens with one attached hydrogen (secondary N) is 2. The van der Waals surface area contributed by atoms with E-state index in [1.807, 2.05) is 11.8 Å². The molecule has 0 radical (unpaired) electrons. The molecule has 0 bridgehead atoms. The van der Waals surface area contributed by atoms with E-state index in [4.69, 9.17) is 4.52 Å². The average Bonchev–Trinajstić information content (AvgIpc) is 2.90. The molecule has 7 heteroatoms. The molecule has 118 valence electrons. The number of aromatic nitrogens is 2. The van der Waals surface area contributed by atoms with Crippen LogP contribution in [0.4, 0.5) is 4.79 Å². The Morgan fingerprint density at radius 2 is 2.24 bits per heavy atom. The molecule has 1 heterocycles. The quantitative estimate of drug-likeness (QED) is 0.788. The fourth-order valence-corrected chi connectivity index (χ4v) is 3.58. The van der Waals surface area contributed by atoms with Crippen molar-refractivity contribution in [3.05, 3.63) is 11.7 Å². The van der Waals surface area contributed by atoms with E-state index in [1.165, 1.54) is 19.3 Å². The lowest BCUT2D eigenvalue weighted by atomic mass is 9.95. The van der Waals surface area contributed by atoms with Crippen molar-refractivity contribution in [2.75, 3.05) is 12.8 Å². The number of carbonyl (C=O) groups is 1. The van der Waals surface area contributed by atoms with Crippen LogP contribution in [0.25, 0.3) is 0 Å². The van der Waals surface area contributed by atoms with Gasteiger partial charge in [0.1, 0.15) is 0 Å². The molecular formula is C14H24N4O2S. The highest BCUT2D eigenvalue weighted by atomic mass is 32.2. The van der Waals surface area contributed by atoms with Gasteiger partial charge < -0.3 is 15.2 Å². The Morgan fingerprint density at radius 1 is 1.43 bits per heavy atom. The highest BCUT2D eigenvalue weighted by Gasteiger charge is 2.25. The maximum atomic E-state index is 11.9. The average molecular weight is 312 g/mol. The molecule has 0 aromatic carbocycles. The second-order valence-electron chi connectivity index (χ2n) is 5.40. The van der Waals surface area contributed by atoms with Gasteiger partial charge in [0.15, 0.2) is 5.82 Å². The van der Waals surface area contributed by atoms with Crippen LogP contribution < -0.4 is 10.6 Å².